The molecule has 1 aliphatic carbocycles. The average molecular weight is 511 g/mol. The first-order chi connectivity index (χ1) is 19.1. The van der Waals surface area contributed by atoms with E-state index in [1.54, 1.807) is 14.2 Å². The molecule has 39 heavy (non-hydrogen) atoms. The third-order valence-corrected chi connectivity index (χ3v) is 8.28. The minimum atomic E-state index is -0.826. The van der Waals surface area contributed by atoms with Gasteiger partial charge in [-0.3, -0.25) is 0 Å². The molecule has 0 saturated heterocycles. The molecule has 3 nitrogen and oxygen atoms in total. The fourth-order valence-electron chi connectivity index (χ4n) is 6.31. The fraction of sp³-hybridized carbons (Fsp3) is 0.167. The van der Waals surface area contributed by atoms with E-state index < -0.39 is 5.60 Å². The maximum atomic E-state index is 7.34. The average Bonchev–Trinajstić information content (AvgIpc) is 3.00. The maximum absolute atomic E-state index is 7.34. The molecule has 2 aliphatic rings. The highest BCUT2D eigenvalue weighted by Crippen LogP contribution is 2.52. The Morgan fingerprint density at radius 1 is 0.718 bits per heavy atom. The lowest BCUT2D eigenvalue weighted by Crippen LogP contribution is -2.35. The van der Waals surface area contributed by atoms with Crippen LogP contribution in [0.5, 0.6) is 17.2 Å². The van der Waals surface area contributed by atoms with Crippen LogP contribution < -0.4 is 14.2 Å². The second kappa shape index (κ2) is 9.06. The van der Waals surface area contributed by atoms with Crippen molar-refractivity contribution in [3.63, 3.8) is 0 Å². The van der Waals surface area contributed by atoms with Crippen LogP contribution in [0.2, 0.25) is 0 Å². The van der Waals surface area contributed by atoms with Crippen molar-refractivity contribution in [3.8, 4) is 28.4 Å². The summed E-state index contributed by atoms with van der Waals surface area (Å²) in [6.07, 6.45) is 6.40. The molecular weight excluding hydrogens is 480 g/mol. The van der Waals surface area contributed by atoms with Crippen LogP contribution in [0.15, 0.2) is 97.1 Å². The van der Waals surface area contributed by atoms with Crippen molar-refractivity contribution in [2.45, 2.75) is 25.4 Å². The normalized spacial score (nSPS) is 17.1. The van der Waals surface area contributed by atoms with E-state index in [9.17, 15) is 0 Å². The van der Waals surface area contributed by atoms with E-state index in [0.29, 0.717) is 11.5 Å². The second-order valence-electron chi connectivity index (χ2n) is 10.4. The molecule has 0 saturated carbocycles. The van der Waals surface area contributed by atoms with E-state index in [1.807, 2.05) is 12.1 Å². The van der Waals surface area contributed by atoms with Gasteiger partial charge in [0, 0.05) is 22.3 Å². The summed E-state index contributed by atoms with van der Waals surface area (Å²) in [6.45, 7) is 2.11. The van der Waals surface area contributed by atoms with Crippen LogP contribution in [0.4, 0.5) is 0 Å². The summed E-state index contributed by atoms with van der Waals surface area (Å²) < 4.78 is 18.6. The number of fused-ring (bicyclic) bond motifs is 8. The lowest BCUT2D eigenvalue weighted by molar-refractivity contribution is 0.159. The molecule has 1 aliphatic heterocycles. The number of methoxy groups -OCH3 is 2. The van der Waals surface area contributed by atoms with Gasteiger partial charge in [0.25, 0.3) is 0 Å². The molecule has 0 amide bonds. The van der Waals surface area contributed by atoms with Gasteiger partial charge in [0.05, 0.1) is 14.2 Å². The second-order valence-corrected chi connectivity index (χ2v) is 10.4. The van der Waals surface area contributed by atoms with Gasteiger partial charge in [-0.15, -0.1) is 0 Å². The Morgan fingerprint density at radius 2 is 1.44 bits per heavy atom. The molecular formula is C36H30O3. The van der Waals surface area contributed by atoms with Gasteiger partial charge >= 0.3 is 0 Å². The molecule has 0 aromatic heterocycles. The molecule has 0 spiro atoms. The largest absolute Gasteiger partial charge is 0.493 e. The van der Waals surface area contributed by atoms with E-state index in [2.05, 4.69) is 97.9 Å². The summed E-state index contributed by atoms with van der Waals surface area (Å²) in [6, 6.07) is 32.2. The first-order valence-corrected chi connectivity index (χ1v) is 13.5. The third-order valence-electron chi connectivity index (χ3n) is 8.28. The standard InChI is InChI=1S/C36H30O3/c1-23-12-15-25(16-13-23)36(26-17-19-32(37-2)33(22-26)38-3)21-20-30-28-10-6-7-11-29(28)34-27-9-5-4-8-24(27)14-18-31(34)35(30)39-36/h4-13,15-17,19-22H,14,18H2,1-3H3. The Labute approximate surface area is 229 Å². The number of ether oxygens (including phenoxy) is 3. The smallest absolute Gasteiger partial charge is 0.178 e. The molecule has 0 N–H and O–H groups in total. The van der Waals surface area contributed by atoms with Gasteiger partial charge in [-0.25, -0.2) is 0 Å². The summed E-state index contributed by atoms with van der Waals surface area (Å²) in [4.78, 5) is 0. The highest BCUT2D eigenvalue weighted by Gasteiger charge is 2.40. The summed E-state index contributed by atoms with van der Waals surface area (Å²) in [7, 11) is 3.34. The zero-order chi connectivity index (χ0) is 26.6. The van der Waals surface area contributed by atoms with Crippen LogP contribution in [0.1, 0.15) is 33.4 Å². The highest BCUT2D eigenvalue weighted by atomic mass is 16.5. The summed E-state index contributed by atoms with van der Waals surface area (Å²) >= 11 is 0. The number of hydrogen-bond acceptors (Lipinski definition) is 3. The minimum absolute atomic E-state index is 0.679. The number of rotatable bonds is 4. The molecule has 5 aromatic carbocycles. The van der Waals surface area contributed by atoms with Gasteiger partial charge in [-0.2, -0.15) is 0 Å². The minimum Gasteiger partial charge on any atom is -0.493 e. The fourth-order valence-corrected chi connectivity index (χ4v) is 6.31. The van der Waals surface area contributed by atoms with Crippen molar-refractivity contribution in [2.24, 2.45) is 0 Å². The molecule has 3 heteroatoms. The van der Waals surface area contributed by atoms with Crippen molar-refractivity contribution >= 4 is 16.8 Å². The lowest BCUT2D eigenvalue weighted by Gasteiger charge is -2.39. The van der Waals surface area contributed by atoms with Gasteiger partial charge in [0.2, 0.25) is 0 Å². The van der Waals surface area contributed by atoms with Crippen molar-refractivity contribution in [1.82, 2.24) is 0 Å². The highest BCUT2D eigenvalue weighted by molar-refractivity contribution is 6.06. The SMILES string of the molecule is COc1ccc(C2(c3ccc(C)cc3)C=Cc3c(c4c(c5ccccc35)-c3ccccc3CC4)O2)cc1OC. The molecule has 192 valence electrons. The zero-order valence-electron chi connectivity index (χ0n) is 22.5. The van der Waals surface area contributed by atoms with Crippen molar-refractivity contribution in [2.75, 3.05) is 14.2 Å². The molecule has 0 fully saturated rings. The first kappa shape index (κ1) is 23.6. The Morgan fingerprint density at radius 3 is 2.23 bits per heavy atom. The van der Waals surface area contributed by atoms with Gasteiger partial charge in [-0.05, 0) is 71.5 Å². The summed E-state index contributed by atoms with van der Waals surface area (Å²) in [5.74, 6) is 2.34. The summed E-state index contributed by atoms with van der Waals surface area (Å²) in [5.41, 5.74) is 8.87. The van der Waals surface area contributed by atoms with Crippen LogP contribution in [0.3, 0.4) is 0 Å². The Kier molecular flexibility index (Phi) is 5.48. The van der Waals surface area contributed by atoms with Gasteiger partial charge in [-0.1, -0.05) is 84.4 Å². The van der Waals surface area contributed by atoms with Crippen LogP contribution >= 0.6 is 0 Å². The van der Waals surface area contributed by atoms with Crippen LogP contribution in [-0.2, 0) is 18.4 Å². The van der Waals surface area contributed by atoms with Crippen molar-refractivity contribution < 1.29 is 14.2 Å². The molecule has 0 bridgehead atoms. The van der Waals surface area contributed by atoms with E-state index in [-0.39, 0.29) is 0 Å². The number of hydrogen-bond donors (Lipinski definition) is 0. The summed E-state index contributed by atoms with van der Waals surface area (Å²) in [5, 5.41) is 2.49. The topological polar surface area (TPSA) is 27.7 Å². The van der Waals surface area contributed by atoms with Crippen LogP contribution in [0, 0.1) is 6.92 Å². The van der Waals surface area contributed by atoms with Crippen LogP contribution in [0.25, 0.3) is 28.0 Å². The van der Waals surface area contributed by atoms with Crippen LogP contribution in [-0.4, -0.2) is 14.2 Å². The zero-order valence-corrected chi connectivity index (χ0v) is 22.5. The number of aryl methyl sites for hydroxylation is 2. The van der Waals surface area contributed by atoms with Crippen molar-refractivity contribution in [3.05, 3.63) is 130 Å². The first-order valence-electron chi connectivity index (χ1n) is 13.5. The van der Waals surface area contributed by atoms with E-state index in [0.717, 1.165) is 35.3 Å². The Hall–Kier alpha value is -4.50. The van der Waals surface area contributed by atoms with Gasteiger partial charge in [0.1, 0.15) is 5.75 Å². The van der Waals surface area contributed by atoms with Gasteiger partial charge < -0.3 is 14.2 Å². The molecule has 0 radical (unpaired) electrons. The lowest BCUT2D eigenvalue weighted by atomic mass is 9.78. The quantitative estimate of drug-likeness (QED) is 0.243. The third kappa shape index (κ3) is 3.57. The maximum Gasteiger partial charge on any atom is 0.178 e. The predicted molar refractivity (Wildman–Crippen MR) is 158 cm³/mol. The molecule has 5 aromatic rings. The monoisotopic (exact) mass is 510 g/mol. The van der Waals surface area contributed by atoms with E-state index in [4.69, 9.17) is 14.2 Å². The van der Waals surface area contributed by atoms with Crippen molar-refractivity contribution in [1.29, 1.82) is 0 Å². The molecule has 1 heterocycles. The Bertz CT molecular complexity index is 1760. The van der Waals surface area contributed by atoms with E-state index in [1.165, 1.54) is 38.6 Å². The number of benzene rings is 5. The Balaban J connectivity index is 1.52. The molecule has 1 atom stereocenters. The molecule has 1 unspecified atom stereocenters. The molecule has 7 rings (SSSR count). The van der Waals surface area contributed by atoms with Gasteiger partial charge in [0.15, 0.2) is 17.1 Å². The van der Waals surface area contributed by atoms with E-state index >= 15 is 0 Å². The predicted octanol–water partition coefficient (Wildman–Crippen LogP) is 8.28.